The van der Waals surface area contributed by atoms with E-state index < -0.39 is 0 Å². The monoisotopic (exact) mass is 285 g/mol. The first kappa shape index (κ1) is 12.1. The summed E-state index contributed by atoms with van der Waals surface area (Å²) < 4.78 is 3.24. The number of hydrogen-bond donors (Lipinski definition) is 1. The van der Waals surface area contributed by atoms with Crippen molar-refractivity contribution in [3.05, 3.63) is 16.4 Å². The Balaban J connectivity index is 2.26. The Bertz CT molecular complexity index is 361. The molecule has 3 nitrogen and oxygen atoms in total. The fraction of sp³-hybridized carbons (Fsp3) is 0.750. The van der Waals surface area contributed by atoms with Crippen LogP contribution >= 0.6 is 15.9 Å². The van der Waals surface area contributed by atoms with Crippen molar-refractivity contribution in [2.24, 2.45) is 11.8 Å². The highest BCUT2D eigenvalue weighted by Crippen LogP contribution is 2.48. The van der Waals surface area contributed by atoms with E-state index in [4.69, 9.17) is 0 Å². The maximum absolute atomic E-state index is 4.40. The van der Waals surface area contributed by atoms with E-state index in [2.05, 4.69) is 51.8 Å². The summed E-state index contributed by atoms with van der Waals surface area (Å²) in [6.07, 6.45) is 3.25. The van der Waals surface area contributed by atoms with Crippen LogP contribution in [-0.2, 0) is 6.54 Å². The van der Waals surface area contributed by atoms with E-state index >= 15 is 0 Å². The van der Waals surface area contributed by atoms with Crippen molar-refractivity contribution in [1.82, 2.24) is 15.1 Å². The summed E-state index contributed by atoms with van der Waals surface area (Å²) >= 11 is 3.62. The van der Waals surface area contributed by atoms with Crippen LogP contribution in [-0.4, -0.2) is 16.3 Å². The van der Waals surface area contributed by atoms with Crippen molar-refractivity contribution >= 4 is 15.9 Å². The summed E-state index contributed by atoms with van der Waals surface area (Å²) in [5.41, 5.74) is 1.32. The zero-order valence-electron chi connectivity index (χ0n) is 10.2. The fourth-order valence-electron chi connectivity index (χ4n) is 2.42. The molecule has 0 radical (unpaired) electrons. The van der Waals surface area contributed by atoms with Gasteiger partial charge in [0.25, 0.3) is 0 Å². The van der Waals surface area contributed by atoms with Crippen LogP contribution < -0.4 is 5.32 Å². The third-order valence-electron chi connectivity index (χ3n) is 3.45. The standard InChI is InChI=1S/C12H20BrN3/c1-4-14-11(9-6-8(9)3)12-10(13)7-15-16(12)5-2/h7-9,11,14H,4-6H2,1-3H3. The Hall–Kier alpha value is -0.350. The average molecular weight is 286 g/mol. The van der Waals surface area contributed by atoms with Gasteiger partial charge in [-0.25, -0.2) is 0 Å². The molecule has 4 heteroatoms. The Kier molecular flexibility index (Phi) is 3.70. The van der Waals surface area contributed by atoms with Crippen molar-refractivity contribution in [2.75, 3.05) is 6.54 Å². The first-order valence-electron chi connectivity index (χ1n) is 6.13. The van der Waals surface area contributed by atoms with Crippen LogP contribution in [0.25, 0.3) is 0 Å². The van der Waals surface area contributed by atoms with Crippen LogP contribution in [0.4, 0.5) is 0 Å². The van der Waals surface area contributed by atoms with Crippen LogP contribution in [0.1, 0.15) is 38.9 Å². The minimum atomic E-state index is 0.455. The predicted molar refractivity (Wildman–Crippen MR) is 69.3 cm³/mol. The zero-order chi connectivity index (χ0) is 11.7. The van der Waals surface area contributed by atoms with Crippen LogP contribution in [0.2, 0.25) is 0 Å². The second kappa shape index (κ2) is 4.88. The Morgan fingerprint density at radius 1 is 1.62 bits per heavy atom. The van der Waals surface area contributed by atoms with Crippen LogP contribution in [0.5, 0.6) is 0 Å². The van der Waals surface area contributed by atoms with Gasteiger partial charge in [-0.15, -0.1) is 0 Å². The summed E-state index contributed by atoms with van der Waals surface area (Å²) in [6.45, 7) is 8.58. The van der Waals surface area contributed by atoms with Gasteiger partial charge in [0.1, 0.15) is 0 Å². The van der Waals surface area contributed by atoms with Crippen molar-refractivity contribution in [2.45, 2.75) is 39.8 Å². The van der Waals surface area contributed by atoms with Crippen LogP contribution in [0.15, 0.2) is 10.7 Å². The maximum Gasteiger partial charge on any atom is 0.0698 e. The molecule has 1 N–H and O–H groups in total. The van der Waals surface area contributed by atoms with Gasteiger partial charge in [-0.1, -0.05) is 13.8 Å². The van der Waals surface area contributed by atoms with Gasteiger partial charge >= 0.3 is 0 Å². The molecule has 0 spiro atoms. The molecular weight excluding hydrogens is 266 g/mol. The lowest BCUT2D eigenvalue weighted by Crippen LogP contribution is -2.26. The van der Waals surface area contributed by atoms with E-state index in [9.17, 15) is 0 Å². The van der Waals surface area contributed by atoms with Gasteiger partial charge in [0.2, 0.25) is 0 Å². The highest BCUT2D eigenvalue weighted by atomic mass is 79.9. The Morgan fingerprint density at radius 2 is 2.31 bits per heavy atom. The van der Waals surface area contributed by atoms with Gasteiger partial charge < -0.3 is 5.32 Å². The molecule has 90 valence electrons. The smallest absolute Gasteiger partial charge is 0.0698 e. The zero-order valence-corrected chi connectivity index (χ0v) is 11.8. The normalized spacial score (nSPS) is 25.8. The molecular formula is C12H20BrN3. The number of halogens is 1. The highest BCUT2D eigenvalue weighted by molar-refractivity contribution is 9.10. The number of aryl methyl sites for hydroxylation is 1. The first-order chi connectivity index (χ1) is 7.69. The van der Waals surface area contributed by atoms with Gasteiger partial charge in [-0.3, -0.25) is 4.68 Å². The average Bonchev–Trinajstić information content (AvgIpc) is 2.86. The molecule has 3 atom stereocenters. The van der Waals surface area contributed by atoms with E-state index in [1.54, 1.807) is 0 Å². The van der Waals surface area contributed by atoms with Crippen LogP contribution in [0, 0.1) is 11.8 Å². The van der Waals surface area contributed by atoms with Gasteiger partial charge in [0.15, 0.2) is 0 Å². The SMILES string of the molecule is CCNC(c1c(Br)cnn1CC)C1CC1C. The largest absolute Gasteiger partial charge is 0.309 e. The minimum absolute atomic E-state index is 0.455. The van der Waals surface area contributed by atoms with Crippen molar-refractivity contribution in [1.29, 1.82) is 0 Å². The molecule has 1 heterocycles. The summed E-state index contributed by atoms with van der Waals surface area (Å²) in [7, 11) is 0. The third kappa shape index (κ3) is 2.18. The minimum Gasteiger partial charge on any atom is -0.309 e. The lowest BCUT2D eigenvalue weighted by Gasteiger charge is -2.19. The van der Waals surface area contributed by atoms with Crippen molar-refractivity contribution in [3.63, 3.8) is 0 Å². The molecule has 1 fully saturated rings. The van der Waals surface area contributed by atoms with E-state index in [1.807, 2.05) is 6.20 Å². The van der Waals surface area contributed by atoms with E-state index in [-0.39, 0.29) is 0 Å². The van der Waals surface area contributed by atoms with Crippen molar-refractivity contribution < 1.29 is 0 Å². The van der Waals surface area contributed by atoms with Crippen LogP contribution in [0.3, 0.4) is 0 Å². The van der Waals surface area contributed by atoms with Gasteiger partial charge in [-0.2, -0.15) is 5.10 Å². The number of rotatable bonds is 5. The number of nitrogens with zero attached hydrogens (tertiary/aromatic N) is 2. The number of hydrogen-bond acceptors (Lipinski definition) is 2. The second-order valence-electron chi connectivity index (χ2n) is 4.61. The fourth-order valence-corrected chi connectivity index (χ4v) is 2.96. The molecule has 3 unspecified atom stereocenters. The molecule has 2 rings (SSSR count). The molecule has 1 aromatic heterocycles. The summed E-state index contributed by atoms with van der Waals surface area (Å²) in [4.78, 5) is 0. The van der Waals surface area contributed by atoms with Crippen molar-refractivity contribution in [3.8, 4) is 0 Å². The molecule has 0 aliphatic heterocycles. The summed E-state index contributed by atoms with van der Waals surface area (Å²) in [5.74, 6) is 1.62. The van der Waals surface area contributed by atoms with E-state index in [0.717, 1.165) is 29.4 Å². The molecule has 1 aliphatic rings. The molecule has 1 aromatic rings. The third-order valence-corrected chi connectivity index (χ3v) is 4.06. The Labute approximate surface area is 106 Å². The maximum atomic E-state index is 4.40. The highest BCUT2D eigenvalue weighted by Gasteiger charge is 2.41. The van der Waals surface area contributed by atoms with E-state index in [0.29, 0.717) is 6.04 Å². The number of aromatic nitrogens is 2. The quantitative estimate of drug-likeness (QED) is 0.902. The van der Waals surface area contributed by atoms with Gasteiger partial charge in [0, 0.05) is 6.54 Å². The first-order valence-corrected chi connectivity index (χ1v) is 6.92. The Morgan fingerprint density at radius 3 is 2.81 bits per heavy atom. The lowest BCUT2D eigenvalue weighted by molar-refractivity contribution is 0.434. The topological polar surface area (TPSA) is 29.9 Å². The molecule has 1 saturated carbocycles. The summed E-state index contributed by atoms with van der Waals surface area (Å²) in [5, 5.41) is 8.00. The second-order valence-corrected chi connectivity index (χ2v) is 5.46. The lowest BCUT2D eigenvalue weighted by atomic mass is 10.1. The predicted octanol–water partition coefficient (Wildman–Crippen LogP) is 2.97. The summed E-state index contributed by atoms with van der Waals surface area (Å²) in [6, 6.07) is 0.455. The molecule has 0 amide bonds. The van der Waals surface area contributed by atoms with E-state index in [1.165, 1.54) is 12.1 Å². The molecule has 0 saturated heterocycles. The molecule has 0 bridgehead atoms. The number of nitrogens with one attached hydrogen (secondary N) is 1. The van der Waals surface area contributed by atoms with Gasteiger partial charge in [-0.05, 0) is 47.7 Å². The molecule has 0 aromatic carbocycles. The molecule has 16 heavy (non-hydrogen) atoms. The van der Waals surface area contributed by atoms with Gasteiger partial charge in [0.05, 0.1) is 22.4 Å². The molecule has 1 aliphatic carbocycles.